The van der Waals surface area contributed by atoms with Crippen LogP contribution < -0.4 is 5.32 Å². The summed E-state index contributed by atoms with van der Waals surface area (Å²) in [5, 5.41) is 6.43. The van der Waals surface area contributed by atoms with Crippen molar-refractivity contribution >= 4 is 0 Å². The van der Waals surface area contributed by atoms with Crippen LogP contribution >= 0.6 is 0 Å². The van der Waals surface area contributed by atoms with Crippen LogP contribution in [0.1, 0.15) is 30.5 Å². The average Bonchev–Trinajstić information content (AvgIpc) is 3.10. The number of halogens is 3. The van der Waals surface area contributed by atoms with Gasteiger partial charge in [0.25, 0.3) is 0 Å². The Balaban J connectivity index is 1.91. The summed E-state index contributed by atoms with van der Waals surface area (Å²) in [7, 11) is 0. The van der Waals surface area contributed by atoms with Crippen molar-refractivity contribution in [2.24, 2.45) is 0 Å². The van der Waals surface area contributed by atoms with Crippen molar-refractivity contribution in [3.05, 3.63) is 11.7 Å². The number of aromatic nitrogens is 2. The lowest BCUT2D eigenvalue weighted by Gasteiger charge is -2.26. The Morgan fingerprint density at radius 2 is 2.21 bits per heavy atom. The first-order valence-electron chi connectivity index (χ1n) is 6.22. The third-order valence-electron chi connectivity index (χ3n) is 3.84. The minimum atomic E-state index is -4.40. The third-order valence-corrected chi connectivity index (χ3v) is 3.84. The second-order valence-corrected chi connectivity index (χ2v) is 5.02. The molecule has 2 saturated heterocycles. The first-order valence-corrected chi connectivity index (χ1v) is 6.22. The summed E-state index contributed by atoms with van der Waals surface area (Å²) in [5.74, 6) is -0.0629. The predicted molar refractivity (Wildman–Crippen MR) is 57.7 cm³/mol. The van der Waals surface area contributed by atoms with Crippen LogP contribution in [0, 0.1) is 0 Å². The minimum Gasteiger partial charge on any atom is -0.381 e. The summed E-state index contributed by atoms with van der Waals surface area (Å²) < 4.78 is 50.0. The lowest BCUT2D eigenvalue weighted by Crippen LogP contribution is -2.44. The molecule has 0 amide bonds. The molecular weight excluding hydrogens is 263 g/mol. The largest absolute Gasteiger partial charge is 0.404 e. The van der Waals surface area contributed by atoms with Gasteiger partial charge >= 0.3 is 6.18 Å². The van der Waals surface area contributed by atoms with Gasteiger partial charge < -0.3 is 14.6 Å². The molecule has 0 spiro atoms. The molecule has 8 heteroatoms. The van der Waals surface area contributed by atoms with Crippen LogP contribution in [0.15, 0.2) is 4.52 Å². The number of rotatable bonds is 2. The van der Waals surface area contributed by atoms with Crippen molar-refractivity contribution in [1.29, 1.82) is 0 Å². The van der Waals surface area contributed by atoms with E-state index in [4.69, 9.17) is 9.26 Å². The topological polar surface area (TPSA) is 60.2 Å². The molecule has 1 aromatic heterocycles. The van der Waals surface area contributed by atoms with E-state index in [1.54, 1.807) is 0 Å². The molecule has 3 heterocycles. The van der Waals surface area contributed by atoms with E-state index in [1.165, 1.54) is 0 Å². The molecule has 19 heavy (non-hydrogen) atoms. The van der Waals surface area contributed by atoms with Gasteiger partial charge in [0.1, 0.15) is 0 Å². The Labute approximate surface area is 107 Å². The van der Waals surface area contributed by atoms with Crippen molar-refractivity contribution < 1.29 is 22.4 Å². The van der Waals surface area contributed by atoms with Crippen molar-refractivity contribution in [2.45, 2.75) is 30.4 Å². The number of ether oxygens (including phenoxy) is 1. The van der Waals surface area contributed by atoms with Gasteiger partial charge in [-0.2, -0.15) is 18.2 Å². The SMILES string of the molecule is FC(F)(F)C1(c2nc(C3CCOC3)no2)CCNC1. The normalized spacial score (nSPS) is 32.1. The molecule has 5 nitrogen and oxygen atoms in total. The van der Waals surface area contributed by atoms with Crippen LogP contribution in [0.4, 0.5) is 13.2 Å². The highest BCUT2D eigenvalue weighted by atomic mass is 19.4. The molecule has 106 valence electrons. The van der Waals surface area contributed by atoms with Gasteiger partial charge in [0.15, 0.2) is 11.2 Å². The molecule has 0 aromatic carbocycles. The zero-order chi connectivity index (χ0) is 13.5. The molecule has 1 aromatic rings. The minimum absolute atomic E-state index is 0.0582. The van der Waals surface area contributed by atoms with E-state index >= 15 is 0 Å². The fraction of sp³-hybridized carbons (Fsp3) is 0.818. The summed E-state index contributed by atoms with van der Waals surface area (Å²) in [6.07, 6.45) is -3.75. The summed E-state index contributed by atoms with van der Waals surface area (Å²) in [6, 6.07) is 0. The first kappa shape index (κ1) is 12.9. The fourth-order valence-electron chi connectivity index (χ4n) is 2.57. The lowest BCUT2D eigenvalue weighted by molar-refractivity contribution is -0.191. The molecule has 0 saturated carbocycles. The Morgan fingerprint density at radius 1 is 1.37 bits per heavy atom. The van der Waals surface area contributed by atoms with E-state index in [9.17, 15) is 13.2 Å². The molecule has 2 aliphatic rings. The third kappa shape index (κ3) is 2.02. The van der Waals surface area contributed by atoms with Gasteiger partial charge in [-0.15, -0.1) is 0 Å². The van der Waals surface area contributed by atoms with Crippen LogP contribution in [-0.2, 0) is 10.2 Å². The monoisotopic (exact) mass is 277 g/mol. The van der Waals surface area contributed by atoms with Gasteiger partial charge in [-0.25, -0.2) is 0 Å². The lowest BCUT2D eigenvalue weighted by atomic mass is 9.86. The van der Waals surface area contributed by atoms with Crippen LogP contribution in [0.2, 0.25) is 0 Å². The Morgan fingerprint density at radius 3 is 2.79 bits per heavy atom. The summed E-state index contributed by atoms with van der Waals surface area (Å²) in [6.45, 7) is 1.11. The van der Waals surface area contributed by atoms with Crippen LogP contribution in [0.25, 0.3) is 0 Å². The van der Waals surface area contributed by atoms with Crippen molar-refractivity contribution in [3.63, 3.8) is 0 Å². The van der Waals surface area contributed by atoms with Gasteiger partial charge in [-0.05, 0) is 19.4 Å². The van der Waals surface area contributed by atoms with Crippen molar-refractivity contribution in [1.82, 2.24) is 15.5 Å². The van der Waals surface area contributed by atoms with Gasteiger partial charge in [0.2, 0.25) is 5.89 Å². The number of hydrogen-bond acceptors (Lipinski definition) is 5. The molecule has 1 N–H and O–H groups in total. The molecule has 0 radical (unpaired) electrons. The second kappa shape index (κ2) is 4.45. The smallest absolute Gasteiger partial charge is 0.381 e. The molecule has 0 aliphatic carbocycles. The van der Waals surface area contributed by atoms with Gasteiger partial charge in [0, 0.05) is 19.1 Å². The Hall–Kier alpha value is -1.15. The van der Waals surface area contributed by atoms with Crippen molar-refractivity contribution in [2.75, 3.05) is 26.3 Å². The molecule has 0 bridgehead atoms. The predicted octanol–water partition coefficient (Wildman–Crippen LogP) is 1.37. The van der Waals surface area contributed by atoms with E-state index in [0.717, 1.165) is 6.42 Å². The van der Waals surface area contributed by atoms with Gasteiger partial charge in [-0.3, -0.25) is 0 Å². The van der Waals surface area contributed by atoms with Crippen LogP contribution in [0.5, 0.6) is 0 Å². The van der Waals surface area contributed by atoms with E-state index < -0.39 is 11.6 Å². The maximum Gasteiger partial charge on any atom is 0.404 e. The van der Waals surface area contributed by atoms with Crippen molar-refractivity contribution in [3.8, 4) is 0 Å². The zero-order valence-electron chi connectivity index (χ0n) is 10.2. The zero-order valence-corrected chi connectivity index (χ0v) is 10.2. The quantitative estimate of drug-likeness (QED) is 0.884. The van der Waals surface area contributed by atoms with Gasteiger partial charge in [0.05, 0.1) is 6.61 Å². The molecule has 2 atom stereocenters. The number of nitrogens with one attached hydrogen (secondary N) is 1. The standard InChI is InChI=1S/C11H14F3N3O2/c12-11(13,14)10(2-3-15-6-10)9-16-8(17-19-9)7-1-4-18-5-7/h7,15H,1-6H2. The molecule has 2 unspecified atom stereocenters. The molecule has 3 rings (SSSR count). The average molecular weight is 277 g/mol. The number of hydrogen-bond donors (Lipinski definition) is 1. The second-order valence-electron chi connectivity index (χ2n) is 5.02. The van der Waals surface area contributed by atoms with E-state index in [-0.39, 0.29) is 24.8 Å². The van der Waals surface area contributed by atoms with E-state index in [2.05, 4.69) is 15.5 Å². The molecular formula is C11H14F3N3O2. The van der Waals surface area contributed by atoms with Gasteiger partial charge in [-0.1, -0.05) is 5.16 Å². The highest BCUT2D eigenvalue weighted by Crippen LogP contribution is 2.45. The summed E-state index contributed by atoms with van der Waals surface area (Å²) in [5.41, 5.74) is -2.04. The fourth-order valence-corrected chi connectivity index (χ4v) is 2.57. The highest BCUT2D eigenvalue weighted by molar-refractivity contribution is 5.15. The summed E-state index contributed by atoms with van der Waals surface area (Å²) in [4.78, 5) is 4.00. The Bertz CT molecular complexity index is 448. The van der Waals surface area contributed by atoms with E-state index in [0.29, 0.717) is 25.6 Å². The highest BCUT2D eigenvalue weighted by Gasteiger charge is 2.61. The first-order chi connectivity index (χ1) is 9.03. The van der Waals surface area contributed by atoms with Crippen LogP contribution in [-0.4, -0.2) is 42.6 Å². The summed E-state index contributed by atoms with van der Waals surface area (Å²) >= 11 is 0. The maximum absolute atomic E-state index is 13.3. The molecule has 2 fully saturated rings. The van der Waals surface area contributed by atoms with E-state index in [1.807, 2.05) is 0 Å². The van der Waals surface area contributed by atoms with Crippen LogP contribution in [0.3, 0.4) is 0 Å². The molecule has 2 aliphatic heterocycles. The number of alkyl halides is 3. The Kier molecular flexibility index (Phi) is 3.01. The number of nitrogens with zero attached hydrogens (tertiary/aromatic N) is 2. The maximum atomic E-state index is 13.3.